The van der Waals surface area contributed by atoms with Gasteiger partial charge in [0.1, 0.15) is 0 Å². The van der Waals surface area contributed by atoms with Gasteiger partial charge in [-0.25, -0.2) is 4.39 Å². The van der Waals surface area contributed by atoms with E-state index in [9.17, 15) is 4.39 Å². The van der Waals surface area contributed by atoms with Gasteiger partial charge in [0.2, 0.25) is 0 Å². The molecule has 0 N–H and O–H groups in total. The molecule has 0 saturated heterocycles. The molecule has 1 aromatic carbocycles. The van der Waals surface area contributed by atoms with Crippen molar-refractivity contribution in [1.29, 1.82) is 0 Å². The molecule has 1 rings (SSSR count). The molecular formula is C7H3Cl2FOS. The Kier molecular flexibility index (Phi) is 3.26. The van der Waals surface area contributed by atoms with Crippen molar-refractivity contribution in [3.63, 3.8) is 0 Å². The first kappa shape index (κ1) is 9.71. The van der Waals surface area contributed by atoms with Crippen molar-refractivity contribution in [1.82, 2.24) is 0 Å². The quantitative estimate of drug-likeness (QED) is 0.535. The summed E-state index contributed by atoms with van der Waals surface area (Å²) < 4.78 is 17.3. The number of rotatable bonds is 1. The van der Waals surface area contributed by atoms with Gasteiger partial charge >= 0.3 is 0 Å². The predicted octanol–water partition coefficient (Wildman–Crippen LogP) is 3.38. The Morgan fingerprint density at radius 1 is 1.50 bits per heavy atom. The monoisotopic (exact) mass is 224 g/mol. The highest BCUT2D eigenvalue weighted by Crippen LogP contribution is 2.21. The van der Waals surface area contributed by atoms with Gasteiger partial charge in [-0.2, -0.15) is 0 Å². The van der Waals surface area contributed by atoms with E-state index in [-0.39, 0.29) is 10.3 Å². The fraction of sp³-hybridized carbons (Fsp3) is 0. The highest BCUT2D eigenvalue weighted by atomic mass is 35.5. The lowest BCUT2D eigenvalue weighted by atomic mass is 10.3. The van der Waals surface area contributed by atoms with Gasteiger partial charge in [-0.3, -0.25) is 0 Å². The lowest BCUT2D eigenvalue weighted by Crippen LogP contribution is -1.97. The third-order valence-electron chi connectivity index (χ3n) is 1.08. The Hall–Kier alpha value is -0.380. The third-order valence-corrected chi connectivity index (χ3v) is 1.48. The average Bonchev–Trinajstić information content (AvgIpc) is 1.94. The molecule has 0 atom stereocenters. The van der Waals surface area contributed by atoms with Gasteiger partial charge in [-0.15, -0.1) is 0 Å². The van der Waals surface area contributed by atoms with Crippen LogP contribution in [0.15, 0.2) is 18.2 Å². The zero-order valence-corrected chi connectivity index (χ0v) is 8.01. The van der Waals surface area contributed by atoms with Gasteiger partial charge in [0, 0.05) is 5.02 Å². The van der Waals surface area contributed by atoms with Crippen LogP contribution in [0.2, 0.25) is 5.02 Å². The normalized spacial score (nSPS) is 9.58. The molecule has 0 aliphatic carbocycles. The van der Waals surface area contributed by atoms with E-state index in [1.54, 1.807) is 0 Å². The fourth-order valence-electron chi connectivity index (χ4n) is 0.644. The first-order valence-corrected chi connectivity index (χ1v) is 4.08. The third kappa shape index (κ3) is 2.59. The topological polar surface area (TPSA) is 9.23 Å². The van der Waals surface area contributed by atoms with E-state index in [2.05, 4.69) is 17.0 Å². The Morgan fingerprint density at radius 3 is 2.67 bits per heavy atom. The van der Waals surface area contributed by atoms with E-state index in [4.69, 9.17) is 23.2 Å². The Bertz CT molecular complexity index is 316. The molecule has 5 heteroatoms. The molecule has 0 aliphatic heterocycles. The van der Waals surface area contributed by atoms with Crippen LogP contribution in [0.3, 0.4) is 0 Å². The molecular weight excluding hydrogens is 222 g/mol. The zero-order chi connectivity index (χ0) is 9.14. The minimum absolute atomic E-state index is 0.0283. The number of hydrogen-bond acceptors (Lipinski definition) is 2. The van der Waals surface area contributed by atoms with E-state index in [0.29, 0.717) is 5.02 Å². The molecule has 0 heterocycles. The van der Waals surface area contributed by atoms with Crippen LogP contribution < -0.4 is 4.74 Å². The second kappa shape index (κ2) is 4.03. The van der Waals surface area contributed by atoms with Crippen molar-refractivity contribution in [3.05, 3.63) is 29.0 Å². The fourth-order valence-corrected chi connectivity index (χ4v) is 0.976. The maximum Gasteiger partial charge on any atom is 0.261 e. The maximum atomic E-state index is 12.9. The summed E-state index contributed by atoms with van der Waals surface area (Å²) >= 11 is 15.1. The largest absolute Gasteiger partial charge is 0.433 e. The van der Waals surface area contributed by atoms with Crippen LogP contribution in [0.5, 0.6) is 5.75 Å². The summed E-state index contributed by atoms with van der Waals surface area (Å²) in [6.45, 7) is 0. The molecule has 0 unspecified atom stereocenters. The minimum Gasteiger partial charge on any atom is -0.433 e. The van der Waals surface area contributed by atoms with Crippen LogP contribution in [0.4, 0.5) is 4.39 Å². The van der Waals surface area contributed by atoms with Crippen LogP contribution in [0.25, 0.3) is 0 Å². The average molecular weight is 225 g/mol. The van der Waals surface area contributed by atoms with Gasteiger partial charge in [0.25, 0.3) is 4.51 Å². The lowest BCUT2D eigenvalue weighted by molar-refractivity contribution is 0.507. The summed E-state index contributed by atoms with van der Waals surface area (Å²) in [5.74, 6) is -0.620. The summed E-state index contributed by atoms with van der Waals surface area (Å²) in [5.41, 5.74) is 0. The number of thiocarbonyl (C=S) groups is 1. The van der Waals surface area contributed by atoms with E-state index < -0.39 is 5.82 Å². The number of halogens is 3. The summed E-state index contributed by atoms with van der Waals surface area (Å²) in [4.78, 5) is 0. The van der Waals surface area contributed by atoms with E-state index in [0.717, 1.165) is 6.07 Å². The summed E-state index contributed by atoms with van der Waals surface area (Å²) in [5, 5.41) is 0.292. The van der Waals surface area contributed by atoms with Crippen LogP contribution in [0.1, 0.15) is 0 Å². The second-order valence-corrected chi connectivity index (χ2v) is 3.29. The molecule has 0 aliphatic rings. The molecule has 64 valence electrons. The van der Waals surface area contributed by atoms with Crippen molar-refractivity contribution in [2.24, 2.45) is 0 Å². The minimum atomic E-state index is -0.592. The van der Waals surface area contributed by atoms with Gasteiger partial charge in [-0.05, 0) is 42.0 Å². The van der Waals surface area contributed by atoms with Crippen molar-refractivity contribution >= 4 is 39.9 Å². The van der Waals surface area contributed by atoms with Gasteiger partial charge in [0.05, 0.1) is 0 Å². The van der Waals surface area contributed by atoms with Gasteiger partial charge in [-0.1, -0.05) is 11.6 Å². The number of ether oxygens (including phenoxy) is 1. The van der Waals surface area contributed by atoms with Crippen molar-refractivity contribution < 1.29 is 9.13 Å². The van der Waals surface area contributed by atoms with Crippen molar-refractivity contribution in [3.8, 4) is 5.75 Å². The smallest absolute Gasteiger partial charge is 0.261 e. The molecule has 1 nitrogen and oxygen atoms in total. The summed E-state index contributed by atoms with van der Waals surface area (Å²) in [6.07, 6.45) is 0. The molecule has 0 radical (unpaired) electrons. The molecule has 0 spiro atoms. The van der Waals surface area contributed by atoms with Crippen LogP contribution >= 0.6 is 35.4 Å². The van der Waals surface area contributed by atoms with Gasteiger partial charge in [0.15, 0.2) is 11.6 Å². The molecule has 0 bridgehead atoms. The molecule has 0 fully saturated rings. The SMILES string of the molecule is Fc1cc(Cl)ccc1OC(=S)Cl. The molecule has 0 amide bonds. The van der Waals surface area contributed by atoms with Crippen LogP contribution in [-0.4, -0.2) is 4.51 Å². The standard InChI is InChI=1S/C7H3Cl2FOS/c8-4-1-2-6(5(10)3-4)11-7(9)12/h1-3H. The van der Waals surface area contributed by atoms with E-state index >= 15 is 0 Å². The predicted molar refractivity (Wildman–Crippen MR) is 50.5 cm³/mol. The number of benzene rings is 1. The highest BCUT2D eigenvalue weighted by Gasteiger charge is 2.04. The number of hydrogen-bond donors (Lipinski definition) is 0. The van der Waals surface area contributed by atoms with Crippen molar-refractivity contribution in [2.75, 3.05) is 0 Å². The van der Waals surface area contributed by atoms with Crippen molar-refractivity contribution in [2.45, 2.75) is 0 Å². The zero-order valence-electron chi connectivity index (χ0n) is 5.68. The highest BCUT2D eigenvalue weighted by molar-refractivity contribution is 7.82. The van der Waals surface area contributed by atoms with Crippen LogP contribution in [0, 0.1) is 5.82 Å². The lowest BCUT2D eigenvalue weighted by Gasteiger charge is -2.02. The first-order chi connectivity index (χ1) is 5.59. The Morgan fingerprint density at radius 2 is 2.17 bits per heavy atom. The van der Waals surface area contributed by atoms with E-state index in [1.807, 2.05) is 0 Å². The Balaban J connectivity index is 2.93. The molecule has 0 saturated carbocycles. The maximum absolute atomic E-state index is 12.9. The second-order valence-electron chi connectivity index (χ2n) is 1.91. The Labute approximate surface area is 84.0 Å². The molecule has 12 heavy (non-hydrogen) atoms. The van der Waals surface area contributed by atoms with E-state index in [1.165, 1.54) is 12.1 Å². The summed E-state index contributed by atoms with van der Waals surface area (Å²) in [7, 11) is 0. The molecule has 0 aromatic heterocycles. The van der Waals surface area contributed by atoms with Crippen LogP contribution in [-0.2, 0) is 0 Å². The van der Waals surface area contributed by atoms with Gasteiger partial charge < -0.3 is 4.74 Å². The first-order valence-electron chi connectivity index (χ1n) is 2.92. The molecule has 1 aromatic rings. The summed E-state index contributed by atoms with van der Waals surface area (Å²) in [6, 6.07) is 3.95.